The van der Waals surface area contributed by atoms with Crippen LogP contribution < -0.4 is 10.9 Å². The van der Waals surface area contributed by atoms with Crippen molar-refractivity contribution >= 4 is 49.8 Å². The van der Waals surface area contributed by atoms with Gasteiger partial charge >= 0.3 is 5.97 Å². The molecule has 3 aromatic heterocycles. The average molecular weight is 494 g/mol. The van der Waals surface area contributed by atoms with Crippen molar-refractivity contribution < 1.29 is 14.3 Å². The van der Waals surface area contributed by atoms with E-state index in [9.17, 15) is 14.4 Å². The van der Waals surface area contributed by atoms with Crippen molar-refractivity contribution in [1.29, 1.82) is 0 Å². The molecule has 4 aromatic rings. The maximum atomic E-state index is 13.2. The van der Waals surface area contributed by atoms with E-state index in [-0.39, 0.29) is 17.3 Å². The summed E-state index contributed by atoms with van der Waals surface area (Å²) in [4.78, 5) is 47.0. The van der Waals surface area contributed by atoms with Crippen molar-refractivity contribution in [1.82, 2.24) is 9.97 Å². The summed E-state index contributed by atoms with van der Waals surface area (Å²) in [5.74, 6) is -0.462. The summed E-state index contributed by atoms with van der Waals surface area (Å²) < 4.78 is 5.75. The van der Waals surface area contributed by atoms with Crippen LogP contribution in [0.5, 0.6) is 0 Å². The van der Waals surface area contributed by atoms with Crippen LogP contribution in [-0.2, 0) is 22.4 Å². The third kappa shape index (κ3) is 4.17. The second-order valence-corrected chi connectivity index (χ2v) is 10.3. The number of carbonyl (C=O) groups is 2. The smallest absolute Gasteiger partial charge is 0.342 e. The van der Waals surface area contributed by atoms with Crippen molar-refractivity contribution in [3.05, 3.63) is 67.9 Å². The van der Waals surface area contributed by atoms with Gasteiger partial charge in [0.1, 0.15) is 9.83 Å². The molecule has 0 fully saturated rings. The number of nitrogens with zero attached hydrogens (tertiary/aromatic N) is 1. The largest absolute Gasteiger partial charge is 0.451 e. The monoisotopic (exact) mass is 493 g/mol. The van der Waals surface area contributed by atoms with Crippen LogP contribution in [0, 0.1) is 0 Å². The van der Waals surface area contributed by atoms with Gasteiger partial charge in [-0.3, -0.25) is 9.59 Å². The molecule has 0 radical (unpaired) electrons. The molecule has 1 aliphatic carbocycles. The zero-order chi connectivity index (χ0) is 23.8. The number of esters is 1. The number of benzene rings is 1. The van der Waals surface area contributed by atoms with Gasteiger partial charge in [0.2, 0.25) is 5.91 Å². The van der Waals surface area contributed by atoms with Crippen molar-refractivity contribution in [2.75, 3.05) is 5.32 Å². The van der Waals surface area contributed by atoms with Crippen molar-refractivity contribution in [2.24, 2.45) is 0 Å². The molecule has 3 heterocycles. The minimum Gasteiger partial charge on any atom is -0.451 e. The lowest BCUT2D eigenvalue weighted by molar-refractivity contribution is -0.114. The predicted octanol–water partition coefficient (Wildman–Crippen LogP) is 5.47. The minimum absolute atomic E-state index is 0.232. The molecule has 174 valence electrons. The van der Waals surface area contributed by atoms with Gasteiger partial charge in [0, 0.05) is 22.7 Å². The molecule has 1 atom stereocenters. The molecule has 0 unspecified atom stereocenters. The van der Waals surface area contributed by atoms with Gasteiger partial charge in [-0.25, -0.2) is 9.78 Å². The molecule has 34 heavy (non-hydrogen) atoms. The zero-order valence-corrected chi connectivity index (χ0v) is 20.4. The van der Waals surface area contributed by atoms with E-state index in [4.69, 9.17) is 4.74 Å². The van der Waals surface area contributed by atoms with Gasteiger partial charge in [-0.15, -0.1) is 22.7 Å². The predicted molar refractivity (Wildman–Crippen MR) is 135 cm³/mol. The van der Waals surface area contributed by atoms with E-state index in [1.807, 2.05) is 35.7 Å². The summed E-state index contributed by atoms with van der Waals surface area (Å²) in [7, 11) is 0. The number of fused-ring (bicyclic) bond motifs is 2. The topological polar surface area (TPSA) is 101 Å². The van der Waals surface area contributed by atoms with Crippen molar-refractivity contribution in [3.63, 3.8) is 0 Å². The second kappa shape index (κ2) is 9.15. The van der Waals surface area contributed by atoms with E-state index in [1.54, 1.807) is 6.92 Å². The molecule has 1 aliphatic rings. The Morgan fingerprint density at radius 2 is 1.94 bits per heavy atom. The number of anilines is 1. The van der Waals surface area contributed by atoms with Crippen molar-refractivity contribution in [3.8, 4) is 11.1 Å². The highest BCUT2D eigenvalue weighted by molar-refractivity contribution is 7.17. The summed E-state index contributed by atoms with van der Waals surface area (Å²) in [6.07, 6.45) is 2.96. The van der Waals surface area contributed by atoms with Crippen LogP contribution in [0.3, 0.4) is 0 Å². The molecule has 5 rings (SSSR count). The Morgan fingerprint density at radius 3 is 2.71 bits per heavy atom. The van der Waals surface area contributed by atoms with Crippen LogP contribution in [0.4, 0.5) is 5.00 Å². The van der Waals surface area contributed by atoms with Crippen molar-refractivity contribution in [2.45, 2.75) is 45.6 Å². The first-order valence-electron chi connectivity index (χ1n) is 11.1. The maximum absolute atomic E-state index is 13.2. The summed E-state index contributed by atoms with van der Waals surface area (Å²) in [6.45, 7) is 3.11. The Balaban J connectivity index is 1.45. The molecule has 2 N–H and O–H groups in total. The Bertz CT molecular complexity index is 1450. The highest BCUT2D eigenvalue weighted by Gasteiger charge is 2.29. The molecule has 0 saturated heterocycles. The number of rotatable bonds is 5. The highest BCUT2D eigenvalue weighted by atomic mass is 32.1. The number of hydrogen-bond donors (Lipinski definition) is 2. The lowest BCUT2D eigenvalue weighted by Crippen LogP contribution is -2.19. The van der Waals surface area contributed by atoms with E-state index in [0.717, 1.165) is 47.3 Å². The lowest BCUT2D eigenvalue weighted by atomic mass is 9.95. The van der Waals surface area contributed by atoms with Crippen LogP contribution in [-0.4, -0.2) is 21.8 Å². The summed E-state index contributed by atoms with van der Waals surface area (Å²) in [6, 6.07) is 9.68. The number of thiophene rings is 2. The normalized spacial score (nSPS) is 13.9. The number of nitrogens with one attached hydrogen (secondary N) is 2. The molecule has 1 amide bonds. The van der Waals surface area contributed by atoms with E-state index < -0.39 is 12.1 Å². The molecule has 0 bridgehead atoms. The fourth-order valence-corrected chi connectivity index (χ4v) is 6.57. The fourth-order valence-electron chi connectivity index (χ4n) is 4.29. The fraction of sp³-hybridized carbons (Fsp3) is 0.280. The van der Waals surface area contributed by atoms with Gasteiger partial charge in [-0.2, -0.15) is 0 Å². The van der Waals surface area contributed by atoms with E-state index in [1.165, 1.54) is 29.6 Å². The number of amides is 1. The van der Waals surface area contributed by atoms with E-state index in [0.29, 0.717) is 20.8 Å². The van der Waals surface area contributed by atoms with Gasteiger partial charge in [0.25, 0.3) is 5.56 Å². The quantitative estimate of drug-likeness (QED) is 0.359. The number of aromatic nitrogens is 2. The van der Waals surface area contributed by atoms with Crippen LogP contribution in [0.1, 0.15) is 59.4 Å². The van der Waals surface area contributed by atoms with Crippen LogP contribution in [0.15, 0.2) is 40.5 Å². The molecule has 0 spiro atoms. The van der Waals surface area contributed by atoms with Gasteiger partial charge < -0.3 is 15.0 Å². The minimum atomic E-state index is -0.767. The number of ether oxygens (including phenoxy) is 1. The maximum Gasteiger partial charge on any atom is 0.342 e. The van der Waals surface area contributed by atoms with E-state index >= 15 is 0 Å². The van der Waals surface area contributed by atoms with E-state index in [2.05, 4.69) is 15.3 Å². The number of hydrogen-bond acceptors (Lipinski definition) is 7. The van der Waals surface area contributed by atoms with Crippen LogP contribution in [0.25, 0.3) is 21.3 Å². The van der Waals surface area contributed by atoms with Crippen LogP contribution >= 0.6 is 22.7 Å². The SMILES string of the molecule is CC(=O)Nc1sc2c(c1C(=O)O[C@H](C)c1nc3scc(-c4ccccc4)c3c(=O)[nH]1)CCCC2. The molecule has 1 aromatic carbocycles. The summed E-state index contributed by atoms with van der Waals surface area (Å²) in [5.41, 5.74) is 2.89. The Labute approximate surface area is 203 Å². The second-order valence-electron chi connectivity index (χ2n) is 8.29. The third-order valence-corrected chi connectivity index (χ3v) is 7.96. The molecular weight excluding hydrogens is 470 g/mol. The van der Waals surface area contributed by atoms with Gasteiger partial charge in [-0.1, -0.05) is 30.3 Å². The summed E-state index contributed by atoms with van der Waals surface area (Å²) in [5, 5.41) is 5.75. The number of aryl methyl sites for hydroxylation is 1. The first-order chi connectivity index (χ1) is 16.4. The lowest BCUT2D eigenvalue weighted by Gasteiger charge is -2.16. The zero-order valence-electron chi connectivity index (χ0n) is 18.8. The highest BCUT2D eigenvalue weighted by Crippen LogP contribution is 2.39. The number of carbonyl (C=O) groups excluding carboxylic acids is 2. The van der Waals surface area contributed by atoms with Gasteiger partial charge in [-0.05, 0) is 43.7 Å². The average Bonchev–Trinajstić information content (AvgIpc) is 3.40. The number of aromatic amines is 1. The molecule has 7 nitrogen and oxygen atoms in total. The Kier molecular flexibility index (Phi) is 6.05. The Hall–Kier alpha value is -3.30. The standard InChI is InChI=1S/C25H23N3O4S2/c1-13(32-25(31)20-16-10-6-7-11-18(16)34-24(20)26-14(2)29)21-27-22(30)19-17(12-33-23(19)28-21)15-8-4-3-5-9-15/h3-5,8-9,12-13H,6-7,10-11H2,1-2H3,(H,26,29)(H,27,28,30)/t13-/m1/s1. The Morgan fingerprint density at radius 1 is 1.18 bits per heavy atom. The molecule has 0 saturated carbocycles. The first kappa shape index (κ1) is 22.5. The molecular formula is C25H23N3O4S2. The summed E-state index contributed by atoms with van der Waals surface area (Å²) >= 11 is 2.82. The third-order valence-electron chi connectivity index (χ3n) is 5.88. The molecule has 0 aliphatic heterocycles. The van der Waals surface area contributed by atoms with Crippen LogP contribution in [0.2, 0.25) is 0 Å². The molecule has 9 heteroatoms. The number of H-pyrrole nitrogens is 1. The van der Waals surface area contributed by atoms with Gasteiger partial charge in [0.05, 0.1) is 10.9 Å². The van der Waals surface area contributed by atoms with Gasteiger partial charge in [0.15, 0.2) is 11.9 Å². The first-order valence-corrected chi connectivity index (χ1v) is 12.8.